The molecule has 0 saturated heterocycles. The first-order valence-electron chi connectivity index (χ1n) is 4.09. The van der Waals surface area contributed by atoms with Gasteiger partial charge in [0, 0.05) is 23.6 Å². The number of hydrogen-bond donors (Lipinski definition) is 0. The summed E-state index contributed by atoms with van der Waals surface area (Å²) in [4.78, 5) is -0.386. The summed E-state index contributed by atoms with van der Waals surface area (Å²) in [6.45, 7) is 1.62. The van der Waals surface area contributed by atoms with Crippen molar-refractivity contribution in [3.63, 3.8) is 0 Å². The number of nitrogens with zero attached hydrogens (tertiary/aromatic N) is 2. The van der Waals surface area contributed by atoms with Crippen LogP contribution in [0.3, 0.4) is 0 Å². The fourth-order valence-electron chi connectivity index (χ4n) is 1.29. The van der Waals surface area contributed by atoms with Gasteiger partial charge in [-0.05, 0) is 6.92 Å². The summed E-state index contributed by atoms with van der Waals surface area (Å²) in [6.07, 6.45) is -4.41. The Bertz CT molecular complexity index is 360. The first kappa shape index (κ1) is 13.0. The van der Waals surface area contributed by atoms with E-state index < -0.39 is 11.9 Å². The van der Waals surface area contributed by atoms with Crippen LogP contribution in [-0.4, -0.2) is 15.1 Å². The molecular weight excluding hydrogens is 341 g/mol. The number of alkyl halides is 5. The predicted octanol–water partition coefficient (Wildman–Crippen LogP) is 3.58. The Morgan fingerprint density at radius 1 is 1.47 bits per heavy atom. The molecule has 0 aliphatic heterocycles. The maximum Gasteiger partial charge on any atom is 0.435 e. The molecule has 0 saturated carbocycles. The average Bonchev–Trinajstić information content (AvgIpc) is 2.42. The third kappa shape index (κ3) is 2.55. The molecule has 0 spiro atoms. The molecule has 0 amide bonds. The molecule has 15 heavy (non-hydrogen) atoms. The molecule has 1 aromatic rings. The Labute approximate surface area is 102 Å². The van der Waals surface area contributed by atoms with E-state index in [1.54, 1.807) is 6.92 Å². The molecule has 1 atom stereocenters. The van der Waals surface area contributed by atoms with Crippen LogP contribution in [-0.2, 0) is 13.2 Å². The fourth-order valence-corrected chi connectivity index (χ4v) is 2.16. The summed E-state index contributed by atoms with van der Waals surface area (Å²) in [5, 5.41) is 3.90. The molecule has 2 nitrogen and oxygen atoms in total. The molecule has 0 N–H and O–H groups in total. The third-order valence-electron chi connectivity index (χ3n) is 2.10. The highest BCUT2D eigenvalue weighted by atomic mass is 79.9. The van der Waals surface area contributed by atoms with Gasteiger partial charge >= 0.3 is 6.18 Å². The van der Waals surface area contributed by atoms with Gasteiger partial charge in [0.05, 0.1) is 4.83 Å². The van der Waals surface area contributed by atoms with Crippen LogP contribution in [0.4, 0.5) is 13.2 Å². The maximum absolute atomic E-state index is 12.6. The third-order valence-corrected chi connectivity index (χ3v) is 4.40. The van der Waals surface area contributed by atoms with Gasteiger partial charge in [0.15, 0.2) is 5.69 Å². The zero-order valence-corrected chi connectivity index (χ0v) is 11.2. The van der Waals surface area contributed by atoms with Crippen molar-refractivity contribution in [2.75, 3.05) is 5.33 Å². The van der Waals surface area contributed by atoms with E-state index >= 15 is 0 Å². The van der Waals surface area contributed by atoms with Gasteiger partial charge in [0.1, 0.15) is 0 Å². The molecule has 0 aliphatic rings. The topological polar surface area (TPSA) is 17.8 Å². The van der Waals surface area contributed by atoms with Gasteiger partial charge in [0.2, 0.25) is 0 Å². The molecule has 1 heterocycles. The molecule has 0 bridgehead atoms. The lowest BCUT2D eigenvalue weighted by Crippen LogP contribution is -2.10. The maximum atomic E-state index is 12.6. The number of aryl methyl sites for hydroxylation is 1. The standard InChI is InChI=1S/C8H9Br2F3N2/c1-4-6(5(10)3-9)7(8(11,12)13)14-15(4)2/h5H,3H2,1-2H3. The van der Waals surface area contributed by atoms with Crippen LogP contribution in [0.5, 0.6) is 0 Å². The largest absolute Gasteiger partial charge is 0.435 e. The number of aromatic nitrogens is 2. The van der Waals surface area contributed by atoms with E-state index in [0.29, 0.717) is 11.0 Å². The van der Waals surface area contributed by atoms with Crippen molar-refractivity contribution < 1.29 is 13.2 Å². The van der Waals surface area contributed by atoms with Crippen molar-refractivity contribution in [3.8, 4) is 0 Å². The number of halogens is 5. The molecule has 1 rings (SSSR count). The van der Waals surface area contributed by atoms with Gasteiger partial charge in [-0.25, -0.2) is 0 Å². The van der Waals surface area contributed by atoms with Gasteiger partial charge in [-0.15, -0.1) is 0 Å². The lowest BCUT2D eigenvalue weighted by Gasteiger charge is -2.10. The molecule has 0 aromatic carbocycles. The Morgan fingerprint density at radius 3 is 2.40 bits per heavy atom. The van der Waals surface area contributed by atoms with Crippen LogP contribution in [0, 0.1) is 6.92 Å². The van der Waals surface area contributed by atoms with Gasteiger partial charge in [0.25, 0.3) is 0 Å². The van der Waals surface area contributed by atoms with E-state index in [1.807, 2.05) is 0 Å². The zero-order chi connectivity index (χ0) is 11.8. The Kier molecular flexibility index (Phi) is 3.86. The van der Waals surface area contributed by atoms with Gasteiger partial charge < -0.3 is 0 Å². The van der Waals surface area contributed by atoms with E-state index in [1.165, 1.54) is 11.7 Å². The molecule has 1 aromatic heterocycles. The van der Waals surface area contributed by atoms with Gasteiger partial charge in [-0.2, -0.15) is 18.3 Å². The van der Waals surface area contributed by atoms with Crippen LogP contribution < -0.4 is 0 Å². The highest BCUT2D eigenvalue weighted by molar-refractivity contribution is 9.12. The molecule has 86 valence electrons. The lowest BCUT2D eigenvalue weighted by atomic mass is 10.1. The minimum atomic E-state index is -4.41. The SMILES string of the molecule is Cc1c(C(Br)CBr)c(C(F)(F)F)nn1C. The van der Waals surface area contributed by atoms with Crippen molar-refractivity contribution in [1.82, 2.24) is 9.78 Å². The fraction of sp³-hybridized carbons (Fsp3) is 0.625. The van der Waals surface area contributed by atoms with E-state index in [-0.39, 0.29) is 10.4 Å². The Morgan fingerprint density at radius 2 is 2.00 bits per heavy atom. The monoisotopic (exact) mass is 348 g/mol. The van der Waals surface area contributed by atoms with E-state index in [4.69, 9.17) is 0 Å². The second kappa shape index (κ2) is 4.45. The second-order valence-corrected chi connectivity index (χ2v) is 4.84. The first-order chi connectivity index (χ1) is 6.79. The predicted molar refractivity (Wildman–Crippen MR) is 58.4 cm³/mol. The van der Waals surface area contributed by atoms with E-state index in [0.717, 1.165) is 0 Å². The van der Waals surface area contributed by atoms with Crippen molar-refractivity contribution in [1.29, 1.82) is 0 Å². The van der Waals surface area contributed by atoms with E-state index in [9.17, 15) is 13.2 Å². The Hall–Kier alpha value is -0.0400. The Balaban J connectivity index is 3.34. The highest BCUT2D eigenvalue weighted by Crippen LogP contribution is 2.38. The molecule has 0 radical (unpaired) electrons. The second-order valence-electron chi connectivity index (χ2n) is 3.09. The molecule has 0 fully saturated rings. The number of hydrogen-bond acceptors (Lipinski definition) is 1. The van der Waals surface area contributed by atoms with Crippen molar-refractivity contribution in [2.24, 2.45) is 7.05 Å². The summed E-state index contributed by atoms with van der Waals surface area (Å²) in [7, 11) is 1.50. The summed E-state index contributed by atoms with van der Waals surface area (Å²) < 4.78 is 39.1. The minimum absolute atomic E-state index is 0.196. The summed E-state index contributed by atoms with van der Waals surface area (Å²) >= 11 is 6.34. The quantitative estimate of drug-likeness (QED) is 0.746. The molecule has 7 heteroatoms. The van der Waals surface area contributed by atoms with Crippen molar-refractivity contribution in [2.45, 2.75) is 17.9 Å². The van der Waals surface area contributed by atoms with Gasteiger partial charge in [-0.1, -0.05) is 31.9 Å². The minimum Gasteiger partial charge on any atom is -0.272 e. The zero-order valence-electron chi connectivity index (χ0n) is 8.07. The van der Waals surface area contributed by atoms with Crippen molar-refractivity contribution >= 4 is 31.9 Å². The van der Waals surface area contributed by atoms with Crippen LogP contribution >= 0.6 is 31.9 Å². The highest BCUT2D eigenvalue weighted by Gasteiger charge is 2.39. The summed E-state index contributed by atoms with van der Waals surface area (Å²) in [5.74, 6) is 0. The summed E-state index contributed by atoms with van der Waals surface area (Å²) in [5.41, 5.74) is -0.102. The summed E-state index contributed by atoms with van der Waals surface area (Å²) in [6, 6.07) is 0. The van der Waals surface area contributed by atoms with Crippen LogP contribution in [0.25, 0.3) is 0 Å². The van der Waals surface area contributed by atoms with Gasteiger partial charge in [-0.3, -0.25) is 4.68 Å². The molecular formula is C8H9Br2F3N2. The van der Waals surface area contributed by atoms with Crippen LogP contribution in [0.15, 0.2) is 0 Å². The lowest BCUT2D eigenvalue weighted by molar-refractivity contribution is -0.142. The van der Waals surface area contributed by atoms with Crippen molar-refractivity contribution in [3.05, 3.63) is 17.0 Å². The molecule has 0 aliphatic carbocycles. The number of rotatable bonds is 2. The average molecular weight is 350 g/mol. The smallest absolute Gasteiger partial charge is 0.272 e. The normalized spacial score (nSPS) is 14.3. The molecule has 1 unspecified atom stereocenters. The van der Waals surface area contributed by atoms with Crippen LogP contribution in [0.2, 0.25) is 0 Å². The van der Waals surface area contributed by atoms with Crippen LogP contribution in [0.1, 0.15) is 21.8 Å². The van der Waals surface area contributed by atoms with E-state index in [2.05, 4.69) is 37.0 Å². The first-order valence-corrected chi connectivity index (χ1v) is 6.13.